The van der Waals surface area contributed by atoms with Crippen LogP contribution in [0.3, 0.4) is 0 Å². The van der Waals surface area contributed by atoms with Crippen molar-refractivity contribution in [2.75, 3.05) is 6.79 Å². The Morgan fingerprint density at radius 2 is 1.76 bits per heavy atom. The summed E-state index contributed by atoms with van der Waals surface area (Å²) in [6.07, 6.45) is 1.73. The average Bonchev–Trinajstić information content (AvgIpc) is 3.23. The van der Waals surface area contributed by atoms with Gasteiger partial charge in [0.1, 0.15) is 0 Å². The van der Waals surface area contributed by atoms with E-state index in [0.29, 0.717) is 22.6 Å². The van der Waals surface area contributed by atoms with E-state index in [2.05, 4.69) is 10.9 Å². The predicted octanol–water partition coefficient (Wildman–Crippen LogP) is 1.98. The molecule has 126 valence electrons. The van der Waals surface area contributed by atoms with Crippen LogP contribution in [0.5, 0.6) is 11.5 Å². The molecule has 7 nitrogen and oxygen atoms in total. The first-order valence-corrected chi connectivity index (χ1v) is 7.68. The van der Waals surface area contributed by atoms with E-state index in [-0.39, 0.29) is 12.7 Å². The molecule has 25 heavy (non-hydrogen) atoms. The van der Waals surface area contributed by atoms with Crippen LogP contribution in [-0.2, 0) is 7.05 Å². The standard InChI is InChI=1S/C18H15N3O4/c1-21-9-13(12-4-2-3-5-14(12)21)18(23)20-19-17(22)11-6-7-15-16(8-11)25-10-24-15/h2-9H,10H2,1H3,(H,19,22)(H,20,23). The minimum atomic E-state index is -0.438. The summed E-state index contributed by atoms with van der Waals surface area (Å²) in [5.74, 6) is 0.280. The van der Waals surface area contributed by atoms with Gasteiger partial charge in [-0.05, 0) is 24.3 Å². The second-order valence-electron chi connectivity index (χ2n) is 5.65. The van der Waals surface area contributed by atoms with Crippen LogP contribution in [-0.4, -0.2) is 23.2 Å². The molecule has 7 heteroatoms. The molecule has 2 N–H and O–H groups in total. The third-order valence-electron chi connectivity index (χ3n) is 4.07. The molecular weight excluding hydrogens is 322 g/mol. The van der Waals surface area contributed by atoms with Gasteiger partial charge in [-0.2, -0.15) is 0 Å². The molecule has 2 amide bonds. The van der Waals surface area contributed by atoms with Crippen molar-refractivity contribution in [1.82, 2.24) is 15.4 Å². The van der Waals surface area contributed by atoms with Gasteiger partial charge < -0.3 is 14.0 Å². The summed E-state index contributed by atoms with van der Waals surface area (Å²) in [5, 5.41) is 0.819. The number of hydrazine groups is 1. The number of aromatic nitrogens is 1. The Kier molecular flexibility index (Phi) is 3.53. The monoisotopic (exact) mass is 337 g/mol. The van der Waals surface area contributed by atoms with Gasteiger partial charge in [0, 0.05) is 29.7 Å². The van der Waals surface area contributed by atoms with Crippen LogP contribution in [0, 0.1) is 0 Å². The lowest BCUT2D eigenvalue weighted by atomic mass is 10.1. The zero-order chi connectivity index (χ0) is 17.4. The van der Waals surface area contributed by atoms with E-state index >= 15 is 0 Å². The normalized spacial score (nSPS) is 12.2. The Bertz CT molecular complexity index is 993. The number of para-hydroxylation sites is 1. The van der Waals surface area contributed by atoms with Crippen LogP contribution in [0.4, 0.5) is 0 Å². The summed E-state index contributed by atoms with van der Waals surface area (Å²) in [6, 6.07) is 12.4. The van der Waals surface area contributed by atoms with Gasteiger partial charge in [0.2, 0.25) is 6.79 Å². The minimum Gasteiger partial charge on any atom is -0.454 e. The number of carbonyl (C=O) groups excluding carboxylic acids is 2. The van der Waals surface area contributed by atoms with Crippen molar-refractivity contribution < 1.29 is 19.1 Å². The van der Waals surface area contributed by atoms with Gasteiger partial charge in [0.15, 0.2) is 11.5 Å². The number of carbonyl (C=O) groups is 2. The molecule has 0 radical (unpaired) electrons. The van der Waals surface area contributed by atoms with Gasteiger partial charge in [-0.15, -0.1) is 0 Å². The molecule has 2 heterocycles. The molecule has 0 spiro atoms. The number of amides is 2. The Morgan fingerprint density at radius 3 is 2.64 bits per heavy atom. The molecule has 0 unspecified atom stereocenters. The molecule has 3 aromatic rings. The Balaban J connectivity index is 1.49. The van der Waals surface area contributed by atoms with Crippen LogP contribution >= 0.6 is 0 Å². The predicted molar refractivity (Wildman–Crippen MR) is 90.4 cm³/mol. The first-order valence-electron chi connectivity index (χ1n) is 7.68. The number of nitrogens with one attached hydrogen (secondary N) is 2. The number of ether oxygens (including phenoxy) is 2. The van der Waals surface area contributed by atoms with Crippen molar-refractivity contribution in [3.05, 3.63) is 59.8 Å². The lowest BCUT2D eigenvalue weighted by molar-refractivity contribution is 0.0847. The van der Waals surface area contributed by atoms with Gasteiger partial charge in [0.25, 0.3) is 11.8 Å². The molecule has 1 aromatic heterocycles. The largest absolute Gasteiger partial charge is 0.454 e. The highest BCUT2D eigenvalue weighted by Gasteiger charge is 2.18. The number of nitrogens with zero attached hydrogens (tertiary/aromatic N) is 1. The molecule has 0 atom stereocenters. The van der Waals surface area contributed by atoms with Crippen LogP contribution in [0.1, 0.15) is 20.7 Å². The topological polar surface area (TPSA) is 81.6 Å². The molecule has 0 aliphatic carbocycles. The van der Waals surface area contributed by atoms with Crippen molar-refractivity contribution in [2.24, 2.45) is 7.05 Å². The maximum atomic E-state index is 12.4. The first kappa shape index (κ1) is 15.1. The molecular formula is C18H15N3O4. The highest BCUT2D eigenvalue weighted by atomic mass is 16.7. The van der Waals surface area contributed by atoms with E-state index < -0.39 is 5.91 Å². The minimum absolute atomic E-state index is 0.137. The van der Waals surface area contributed by atoms with Gasteiger partial charge in [-0.25, -0.2) is 0 Å². The van der Waals surface area contributed by atoms with Crippen molar-refractivity contribution >= 4 is 22.7 Å². The quantitative estimate of drug-likeness (QED) is 0.701. The highest BCUT2D eigenvalue weighted by Crippen LogP contribution is 2.32. The van der Waals surface area contributed by atoms with Crippen molar-refractivity contribution in [3.63, 3.8) is 0 Å². The van der Waals surface area contributed by atoms with Crippen LogP contribution in [0.25, 0.3) is 10.9 Å². The average molecular weight is 337 g/mol. The van der Waals surface area contributed by atoms with Crippen molar-refractivity contribution in [3.8, 4) is 11.5 Å². The summed E-state index contributed by atoms with van der Waals surface area (Å²) >= 11 is 0. The molecule has 0 fully saturated rings. The highest BCUT2D eigenvalue weighted by molar-refractivity contribution is 6.08. The fourth-order valence-electron chi connectivity index (χ4n) is 2.81. The number of hydrogen-bond acceptors (Lipinski definition) is 4. The van der Waals surface area contributed by atoms with Crippen LogP contribution < -0.4 is 20.3 Å². The van der Waals surface area contributed by atoms with E-state index in [1.54, 1.807) is 24.4 Å². The third kappa shape index (κ3) is 2.65. The number of fused-ring (bicyclic) bond motifs is 2. The van der Waals surface area contributed by atoms with E-state index in [1.807, 2.05) is 35.9 Å². The summed E-state index contributed by atoms with van der Waals surface area (Å²) in [4.78, 5) is 24.6. The van der Waals surface area contributed by atoms with Gasteiger partial charge in [-0.3, -0.25) is 20.4 Å². The molecule has 1 aliphatic heterocycles. The molecule has 4 rings (SSSR count). The lowest BCUT2D eigenvalue weighted by Crippen LogP contribution is -2.41. The van der Waals surface area contributed by atoms with Crippen LogP contribution in [0.2, 0.25) is 0 Å². The third-order valence-corrected chi connectivity index (χ3v) is 4.07. The van der Waals surface area contributed by atoms with E-state index in [0.717, 1.165) is 10.9 Å². The molecule has 2 aromatic carbocycles. The lowest BCUT2D eigenvalue weighted by Gasteiger charge is -2.07. The number of hydrogen-bond donors (Lipinski definition) is 2. The number of rotatable bonds is 2. The number of aryl methyl sites for hydroxylation is 1. The van der Waals surface area contributed by atoms with E-state index in [1.165, 1.54) is 0 Å². The van der Waals surface area contributed by atoms with E-state index in [9.17, 15) is 9.59 Å². The second kappa shape index (κ2) is 5.86. The van der Waals surface area contributed by atoms with Gasteiger partial charge >= 0.3 is 0 Å². The molecule has 0 saturated heterocycles. The Morgan fingerprint density at radius 1 is 1.00 bits per heavy atom. The SMILES string of the molecule is Cn1cc(C(=O)NNC(=O)c2ccc3c(c2)OCO3)c2ccccc21. The van der Waals surface area contributed by atoms with Crippen molar-refractivity contribution in [2.45, 2.75) is 0 Å². The Labute approximate surface area is 143 Å². The Hall–Kier alpha value is -3.48. The smallest absolute Gasteiger partial charge is 0.271 e. The zero-order valence-electron chi connectivity index (χ0n) is 13.4. The maximum absolute atomic E-state index is 12.4. The number of benzene rings is 2. The fraction of sp³-hybridized carbons (Fsp3) is 0.111. The maximum Gasteiger partial charge on any atom is 0.271 e. The fourth-order valence-corrected chi connectivity index (χ4v) is 2.81. The zero-order valence-corrected chi connectivity index (χ0v) is 13.4. The van der Waals surface area contributed by atoms with Gasteiger partial charge in [0.05, 0.1) is 5.56 Å². The summed E-state index contributed by atoms with van der Waals surface area (Å²) in [5.41, 5.74) is 6.66. The summed E-state index contributed by atoms with van der Waals surface area (Å²) < 4.78 is 12.3. The van der Waals surface area contributed by atoms with E-state index in [4.69, 9.17) is 9.47 Å². The van der Waals surface area contributed by atoms with Crippen molar-refractivity contribution in [1.29, 1.82) is 0 Å². The summed E-state index contributed by atoms with van der Waals surface area (Å²) in [7, 11) is 1.87. The van der Waals surface area contributed by atoms with Crippen LogP contribution in [0.15, 0.2) is 48.7 Å². The molecule has 0 bridgehead atoms. The summed E-state index contributed by atoms with van der Waals surface area (Å²) in [6.45, 7) is 0.137. The first-order chi connectivity index (χ1) is 12.1. The molecule has 0 saturated carbocycles. The molecule has 1 aliphatic rings. The second-order valence-corrected chi connectivity index (χ2v) is 5.65. The van der Waals surface area contributed by atoms with Gasteiger partial charge in [-0.1, -0.05) is 18.2 Å².